The number of rotatable bonds is 7. The number of hydrogen-bond acceptors (Lipinski definition) is 6. The van der Waals surface area contributed by atoms with Crippen LogP contribution < -0.4 is 20.7 Å². The molecule has 5 rings (SSSR count). The number of benzene rings is 2. The number of carbonyl (C=O) groups excluding carboxylic acids is 1. The molecule has 8 nitrogen and oxygen atoms in total. The molecule has 0 aliphatic carbocycles. The first-order chi connectivity index (χ1) is 18.5. The van der Waals surface area contributed by atoms with Gasteiger partial charge in [0, 0.05) is 30.2 Å². The minimum Gasteiger partial charge on any atom is -0.461 e. The number of nitrogens with one attached hydrogen (secondary N) is 2. The molecule has 2 aromatic carbocycles. The van der Waals surface area contributed by atoms with Crippen molar-refractivity contribution in [3.05, 3.63) is 89.2 Å². The third-order valence-electron chi connectivity index (χ3n) is 6.72. The summed E-state index contributed by atoms with van der Waals surface area (Å²) in [5.41, 5.74) is 8.91. The van der Waals surface area contributed by atoms with Gasteiger partial charge in [-0.3, -0.25) is 4.79 Å². The average molecular weight is 537 g/mol. The zero-order valence-electron chi connectivity index (χ0n) is 21.7. The van der Waals surface area contributed by atoms with Crippen molar-refractivity contribution in [2.45, 2.75) is 33.0 Å². The molecular formula is C28H27F3N6O2. The molecular weight excluding hydrogens is 509 g/mol. The van der Waals surface area contributed by atoms with E-state index in [0.29, 0.717) is 27.9 Å². The number of nitrogens with zero attached hydrogens (tertiary/aromatic N) is 3. The predicted molar refractivity (Wildman–Crippen MR) is 144 cm³/mol. The fourth-order valence-corrected chi connectivity index (χ4v) is 4.34. The number of anilines is 2. The van der Waals surface area contributed by atoms with E-state index >= 15 is 0 Å². The van der Waals surface area contributed by atoms with Crippen LogP contribution in [0.1, 0.15) is 36.8 Å². The van der Waals surface area contributed by atoms with Gasteiger partial charge in [0.25, 0.3) is 0 Å². The van der Waals surface area contributed by atoms with Gasteiger partial charge in [0.2, 0.25) is 5.78 Å². The second-order valence-electron chi connectivity index (χ2n) is 9.60. The van der Waals surface area contributed by atoms with E-state index < -0.39 is 29.4 Å². The molecule has 0 spiro atoms. The molecule has 1 aliphatic rings. The van der Waals surface area contributed by atoms with E-state index in [4.69, 9.17) is 10.5 Å². The van der Waals surface area contributed by atoms with E-state index in [-0.39, 0.29) is 28.9 Å². The lowest BCUT2D eigenvalue weighted by Crippen LogP contribution is -2.33. The standard InChI is InChI=1S/C28H27F3N6O2/c1-14(2)36(4)23-11-21-16(9-20(23)31)10-22(35-21)26(38)17-12-34-37(28(17)32)24-13-33-25(8-15(24)3)39-27-18(29)6-5-7-19(27)30/h5-14,25,33,35H,32H2,1-4H3. The summed E-state index contributed by atoms with van der Waals surface area (Å²) < 4.78 is 49.5. The summed E-state index contributed by atoms with van der Waals surface area (Å²) in [6.07, 6.45) is 3.66. The third-order valence-corrected chi connectivity index (χ3v) is 6.72. The molecule has 1 unspecified atom stereocenters. The highest BCUT2D eigenvalue weighted by atomic mass is 19.1. The molecule has 0 bridgehead atoms. The highest BCUT2D eigenvalue weighted by molar-refractivity contribution is 6.12. The molecule has 0 fully saturated rings. The van der Waals surface area contributed by atoms with Gasteiger partial charge in [0.15, 0.2) is 23.6 Å². The number of allylic oxidation sites excluding steroid dienone is 2. The Kier molecular flexibility index (Phi) is 6.59. The summed E-state index contributed by atoms with van der Waals surface area (Å²) in [6, 6.07) is 8.19. The summed E-state index contributed by atoms with van der Waals surface area (Å²) in [5, 5.41) is 7.74. The smallest absolute Gasteiger partial charge is 0.214 e. The molecule has 0 saturated heterocycles. The van der Waals surface area contributed by atoms with Gasteiger partial charge in [0.05, 0.1) is 28.8 Å². The lowest BCUT2D eigenvalue weighted by Gasteiger charge is -2.24. The maximum atomic E-state index is 14.7. The molecule has 2 aromatic heterocycles. The molecule has 39 heavy (non-hydrogen) atoms. The Hall–Kier alpha value is -4.67. The molecule has 3 heterocycles. The van der Waals surface area contributed by atoms with Gasteiger partial charge in [-0.25, -0.2) is 17.9 Å². The van der Waals surface area contributed by atoms with Crippen LogP contribution in [-0.4, -0.2) is 39.9 Å². The Balaban J connectivity index is 1.38. The van der Waals surface area contributed by atoms with Crippen LogP contribution in [0.3, 0.4) is 0 Å². The predicted octanol–water partition coefficient (Wildman–Crippen LogP) is 5.19. The normalized spacial score (nSPS) is 15.2. The number of para-hydroxylation sites is 1. The van der Waals surface area contributed by atoms with Gasteiger partial charge >= 0.3 is 0 Å². The lowest BCUT2D eigenvalue weighted by atomic mass is 10.1. The van der Waals surface area contributed by atoms with Crippen molar-refractivity contribution >= 4 is 33.9 Å². The summed E-state index contributed by atoms with van der Waals surface area (Å²) in [6.45, 7) is 5.66. The third kappa shape index (κ3) is 4.71. The van der Waals surface area contributed by atoms with Crippen molar-refractivity contribution in [3.63, 3.8) is 0 Å². The Bertz CT molecular complexity index is 1630. The van der Waals surface area contributed by atoms with Crippen molar-refractivity contribution in [1.82, 2.24) is 20.1 Å². The number of ether oxygens (including phenoxy) is 1. The van der Waals surface area contributed by atoms with Gasteiger partial charge in [-0.05, 0) is 62.8 Å². The van der Waals surface area contributed by atoms with E-state index in [1.807, 2.05) is 18.7 Å². The quantitative estimate of drug-likeness (QED) is 0.281. The van der Waals surface area contributed by atoms with Crippen LogP contribution in [0.4, 0.5) is 24.7 Å². The van der Waals surface area contributed by atoms with E-state index in [9.17, 15) is 18.0 Å². The summed E-state index contributed by atoms with van der Waals surface area (Å²) in [5.74, 6) is -2.84. The fourth-order valence-electron chi connectivity index (χ4n) is 4.34. The van der Waals surface area contributed by atoms with Gasteiger partial charge < -0.3 is 25.7 Å². The maximum absolute atomic E-state index is 14.7. The molecule has 4 aromatic rings. The number of H-pyrrole nitrogens is 1. The lowest BCUT2D eigenvalue weighted by molar-refractivity contribution is 0.103. The van der Waals surface area contributed by atoms with Crippen molar-refractivity contribution in [2.75, 3.05) is 17.7 Å². The molecule has 0 amide bonds. The van der Waals surface area contributed by atoms with Crippen LogP contribution in [0.25, 0.3) is 16.6 Å². The number of dihydropyridines is 1. The van der Waals surface area contributed by atoms with E-state index in [1.54, 1.807) is 32.2 Å². The zero-order chi connectivity index (χ0) is 28.0. The van der Waals surface area contributed by atoms with Gasteiger partial charge in [-0.1, -0.05) is 6.07 Å². The van der Waals surface area contributed by atoms with Gasteiger partial charge in [-0.15, -0.1) is 0 Å². The molecule has 1 aliphatic heterocycles. The first kappa shape index (κ1) is 26.0. The summed E-state index contributed by atoms with van der Waals surface area (Å²) in [4.78, 5) is 18.2. The molecule has 0 saturated carbocycles. The Labute approximate surface area is 222 Å². The van der Waals surface area contributed by atoms with Crippen molar-refractivity contribution in [3.8, 4) is 5.75 Å². The number of halogens is 3. The fraction of sp³-hybridized carbons (Fsp3) is 0.214. The number of aromatic amines is 1. The van der Waals surface area contributed by atoms with Crippen molar-refractivity contribution in [1.29, 1.82) is 0 Å². The van der Waals surface area contributed by atoms with Crippen LogP contribution in [-0.2, 0) is 0 Å². The zero-order valence-corrected chi connectivity index (χ0v) is 21.7. The monoisotopic (exact) mass is 536 g/mol. The Morgan fingerprint density at radius 3 is 2.54 bits per heavy atom. The van der Waals surface area contributed by atoms with Crippen LogP contribution >= 0.6 is 0 Å². The molecule has 11 heteroatoms. The van der Waals surface area contributed by atoms with Crippen LogP contribution in [0.15, 0.2) is 60.4 Å². The number of ketones is 1. The molecule has 4 N–H and O–H groups in total. The van der Waals surface area contributed by atoms with Crippen LogP contribution in [0.5, 0.6) is 5.75 Å². The van der Waals surface area contributed by atoms with Gasteiger partial charge in [-0.2, -0.15) is 5.10 Å². The average Bonchev–Trinajstić information content (AvgIpc) is 3.48. The van der Waals surface area contributed by atoms with E-state index in [0.717, 1.165) is 12.1 Å². The number of aromatic nitrogens is 3. The molecule has 202 valence electrons. The van der Waals surface area contributed by atoms with Crippen molar-refractivity contribution in [2.24, 2.45) is 0 Å². The first-order valence-corrected chi connectivity index (χ1v) is 12.2. The number of nitrogens with two attached hydrogens (primary N) is 1. The topological polar surface area (TPSA) is 101 Å². The van der Waals surface area contributed by atoms with E-state index in [1.165, 1.54) is 29.2 Å². The first-order valence-electron chi connectivity index (χ1n) is 12.2. The molecule has 1 atom stereocenters. The maximum Gasteiger partial charge on any atom is 0.214 e. The summed E-state index contributed by atoms with van der Waals surface area (Å²) in [7, 11) is 1.80. The second kappa shape index (κ2) is 9.90. The largest absolute Gasteiger partial charge is 0.461 e. The van der Waals surface area contributed by atoms with E-state index in [2.05, 4.69) is 15.4 Å². The summed E-state index contributed by atoms with van der Waals surface area (Å²) >= 11 is 0. The number of hydrogen-bond donors (Lipinski definition) is 3. The van der Waals surface area contributed by atoms with Crippen LogP contribution in [0, 0.1) is 17.5 Å². The minimum absolute atomic E-state index is 0.0854. The number of carbonyl (C=O) groups is 1. The number of nitrogen functional groups attached to an aromatic ring is 1. The highest BCUT2D eigenvalue weighted by Gasteiger charge is 2.24. The van der Waals surface area contributed by atoms with Gasteiger partial charge in [0.1, 0.15) is 11.6 Å². The Morgan fingerprint density at radius 2 is 1.87 bits per heavy atom. The highest BCUT2D eigenvalue weighted by Crippen LogP contribution is 2.30. The minimum atomic E-state index is -0.843. The molecule has 0 radical (unpaired) electrons. The Morgan fingerprint density at radius 1 is 1.15 bits per heavy atom. The number of fused-ring (bicyclic) bond motifs is 1. The van der Waals surface area contributed by atoms with Crippen molar-refractivity contribution < 1.29 is 22.7 Å². The second-order valence-corrected chi connectivity index (χ2v) is 9.60. The SMILES string of the molecule is CC1=CC(Oc2c(F)cccc2F)NC=C1n1ncc(C(=O)c2cc3cc(F)c(N(C)C(C)C)cc3[nH]2)c1N. The van der Waals surface area contributed by atoms with Crippen LogP contribution in [0.2, 0.25) is 0 Å².